The summed E-state index contributed by atoms with van der Waals surface area (Å²) < 4.78 is 29.2. The molecule has 0 spiro atoms. The number of fused-ring (bicyclic) bond motifs is 3. The second kappa shape index (κ2) is 6.47. The molecule has 4 rings (SSSR count). The lowest BCUT2D eigenvalue weighted by molar-refractivity contribution is 0.594. The molecule has 0 unspecified atom stereocenters. The van der Waals surface area contributed by atoms with Crippen LogP contribution in [0.1, 0.15) is 12.7 Å². The van der Waals surface area contributed by atoms with Gasteiger partial charge < -0.3 is 0 Å². The highest BCUT2D eigenvalue weighted by Gasteiger charge is 2.26. The average molecular weight is 402 g/mol. The Morgan fingerprint density at radius 1 is 1.07 bits per heavy atom. The van der Waals surface area contributed by atoms with Crippen LogP contribution in [0.25, 0.3) is 16.7 Å². The van der Waals surface area contributed by atoms with Crippen molar-refractivity contribution in [3.05, 3.63) is 59.4 Å². The molecule has 2 aromatic heterocycles. The minimum atomic E-state index is -3.84. The Hall–Kier alpha value is -2.71. The summed E-state index contributed by atoms with van der Waals surface area (Å²) in [7, 11) is -2.38. The van der Waals surface area contributed by atoms with Crippen LogP contribution in [-0.2, 0) is 16.4 Å². The van der Waals surface area contributed by atoms with Crippen molar-refractivity contribution in [2.75, 3.05) is 11.4 Å². The molecule has 0 aliphatic rings. The first kappa shape index (κ1) is 17.7. The van der Waals surface area contributed by atoms with Gasteiger partial charge in [0, 0.05) is 18.5 Å². The zero-order valence-electron chi connectivity index (χ0n) is 14.7. The quantitative estimate of drug-likeness (QED) is 0.524. The number of nitrogens with zero attached hydrogens (tertiary/aromatic N) is 5. The minimum absolute atomic E-state index is 0.123. The zero-order valence-corrected chi connectivity index (χ0v) is 16.2. The van der Waals surface area contributed by atoms with Crippen LogP contribution in [0.4, 0.5) is 5.82 Å². The van der Waals surface area contributed by atoms with Crippen LogP contribution >= 0.6 is 11.6 Å². The van der Waals surface area contributed by atoms with Crippen LogP contribution in [0, 0.1) is 0 Å². The molecule has 2 aromatic carbocycles. The van der Waals surface area contributed by atoms with Crippen LogP contribution in [-0.4, -0.2) is 35.0 Å². The summed E-state index contributed by atoms with van der Waals surface area (Å²) in [4.78, 5) is 4.68. The Kier molecular flexibility index (Phi) is 4.24. The second-order valence-electron chi connectivity index (χ2n) is 5.98. The molecule has 0 atom stereocenters. The molecule has 2 heterocycles. The maximum absolute atomic E-state index is 13.1. The maximum atomic E-state index is 13.1. The summed E-state index contributed by atoms with van der Waals surface area (Å²) in [5.74, 6) is 0.956. The first-order chi connectivity index (χ1) is 12.9. The molecule has 27 heavy (non-hydrogen) atoms. The van der Waals surface area contributed by atoms with E-state index in [0.29, 0.717) is 22.6 Å². The Bertz CT molecular complexity index is 1250. The van der Waals surface area contributed by atoms with Crippen LogP contribution in [0.3, 0.4) is 0 Å². The van der Waals surface area contributed by atoms with E-state index in [4.69, 9.17) is 11.6 Å². The molecular formula is C18H16ClN5O2S. The van der Waals surface area contributed by atoms with E-state index >= 15 is 0 Å². The predicted molar refractivity (Wildman–Crippen MR) is 105 cm³/mol. The van der Waals surface area contributed by atoms with Crippen LogP contribution in [0.15, 0.2) is 53.4 Å². The molecule has 7 nitrogen and oxygen atoms in total. The molecule has 138 valence electrons. The summed E-state index contributed by atoms with van der Waals surface area (Å²) in [6.07, 6.45) is 0.655. The van der Waals surface area contributed by atoms with Gasteiger partial charge in [-0.1, -0.05) is 30.7 Å². The number of hydrogen-bond donors (Lipinski definition) is 0. The highest BCUT2D eigenvalue weighted by molar-refractivity contribution is 7.92. The first-order valence-electron chi connectivity index (χ1n) is 8.30. The number of benzene rings is 2. The molecule has 0 aliphatic carbocycles. The number of aromatic nitrogens is 4. The molecule has 4 aromatic rings. The van der Waals surface area contributed by atoms with Gasteiger partial charge in [0.1, 0.15) is 5.82 Å². The third-order valence-corrected chi connectivity index (χ3v) is 6.38. The number of halogens is 1. The van der Waals surface area contributed by atoms with Gasteiger partial charge in [0.2, 0.25) is 5.65 Å². The van der Waals surface area contributed by atoms with E-state index < -0.39 is 10.0 Å². The van der Waals surface area contributed by atoms with Crippen molar-refractivity contribution >= 4 is 44.1 Å². The summed E-state index contributed by atoms with van der Waals surface area (Å²) in [6.45, 7) is 1.97. The van der Waals surface area contributed by atoms with Crippen molar-refractivity contribution in [2.45, 2.75) is 18.2 Å². The molecule has 0 amide bonds. The molecular weight excluding hydrogens is 386 g/mol. The van der Waals surface area contributed by atoms with Gasteiger partial charge in [0.05, 0.1) is 15.9 Å². The molecule has 0 radical (unpaired) electrons. The summed E-state index contributed by atoms with van der Waals surface area (Å²) in [5.41, 5.74) is 1.88. The van der Waals surface area contributed by atoms with Gasteiger partial charge in [-0.15, -0.1) is 10.2 Å². The van der Waals surface area contributed by atoms with Gasteiger partial charge in [-0.3, -0.25) is 4.40 Å². The number of aryl methyl sites for hydroxylation is 1. The van der Waals surface area contributed by atoms with E-state index in [1.54, 1.807) is 0 Å². The van der Waals surface area contributed by atoms with Crippen molar-refractivity contribution in [3.63, 3.8) is 0 Å². The van der Waals surface area contributed by atoms with Gasteiger partial charge in [-0.05, 0) is 36.4 Å². The monoisotopic (exact) mass is 401 g/mol. The van der Waals surface area contributed by atoms with Crippen LogP contribution in [0.2, 0.25) is 5.02 Å². The number of hydrogen-bond acceptors (Lipinski definition) is 5. The van der Waals surface area contributed by atoms with Crippen molar-refractivity contribution in [2.24, 2.45) is 0 Å². The van der Waals surface area contributed by atoms with E-state index in [9.17, 15) is 8.42 Å². The Labute approximate surface area is 161 Å². The highest BCUT2D eigenvalue weighted by Crippen LogP contribution is 2.28. The second-order valence-corrected chi connectivity index (χ2v) is 8.39. The summed E-state index contributed by atoms with van der Waals surface area (Å²) in [6, 6.07) is 13.5. The number of para-hydroxylation sites is 2. The minimum Gasteiger partial charge on any atom is -0.274 e. The molecule has 0 saturated carbocycles. The average Bonchev–Trinajstić information content (AvgIpc) is 3.11. The fourth-order valence-corrected chi connectivity index (χ4v) is 4.22. The summed E-state index contributed by atoms with van der Waals surface area (Å²) in [5, 5.41) is 8.88. The van der Waals surface area contributed by atoms with Gasteiger partial charge in [0.15, 0.2) is 5.82 Å². The molecule has 0 N–H and O–H groups in total. The molecule has 0 fully saturated rings. The Balaban J connectivity index is 1.97. The lowest BCUT2D eigenvalue weighted by Crippen LogP contribution is -2.28. The van der Waals surface area contributed by atoms with E-state index in [1.807, 2.05) is 35.6 Å². The van der Waals surface area contributed by atoms with Crippen LogP contribution < -0.4 is 4.31 Å². The lowest BCUT2D eigenvalue weighted by Gasteiger charge is -2.19. The van der Waals surface area contributed by atoms with Crippen LogP contribution in [0.5, 0.6) is 0 Å². The Morgan fingerprint density at radius 3 is 2.48 bits per heavy atom. The largest absolute Gasteiger partial charge is 0.274 e. The lowest BCUT2D eigenvalue weighted by atomic mass is 10.3. The molecule has 0 bridgehead atoms. The topological polar surface area (TPSA) is 80.5 Å². The highest BCUT2D eigenvalue weighted by atomic mass is 35.5. The number of anilines is 1. The SMILES string of the molecule is CCc1nnc2c(N(C)S(=O)(=O)c3ccc(Cl)cc3)nc3ccccc3n12. The van der Waals surface area contributed by atoms with Crippen molar-refractivity contribution in [1.29, 1.82) is 0 Å². The third kappa shape index (κ3) is 2.81. The summed E-state index contributed by atoms with van der Waals surface area (Å²) >= 11 is 5.88. The normalized spacial score (nSPS) is 12.0. The van der Waals surface area contributed by atoms with Gasteiger partial charge in [-0.25, -0.2) is 17.7 Å². The van der Waals surface area contributed by atoms with E-state index in [1.165, 1.54) is 31.3 Å². The first-order valence-corrected chi connectivity index (χ1v) is 10.1. The van der Waals surface area contributed by atoms with Gasteiger partial charge in [-0.2, -0.15) is 0 Å². The zero-order chi connectivity index (χ0) is 19.2. The third-order valence-electron chi connectivity index (χ3n) is 4.37. The van der Waals surface area contributed by atoms with Crippen molar-refractivity contribution in [3.8, 4) is 0 Å². The molecule has 9 heteroatoms. The fraction of sp³-hybridized carbons (Fsp3) is 0.167. The van der Waals surface area contributed by atoms with Crippen molar-refractivity contribution in [1.82, 2.24) is 19.6 Å². The smallest absolute Gasteiger partial charge is 0.265 e. The fourth-order valence-electron chi connectivity index (χ4n) is 2.95. The van der Waals surface area contributed by atoms with Gasteiger partial charge >= 0.3 is 0 Å². The number of rotatable bonds is 4. The number of sulfonamides is 1. The maximum Gasteiger partial charge on any atom is 0.265 e. The Morgan fingerprint density at radius 2 is 1.78 bits per heavy atom. The van der Waals surface area contributed by atoms with E-state index in [0.717, 1.165) is 15.6 Å². The van der Waals surface area contributed by atoms with E-state index in [-0.39, 0.29) is 10.7 Å². The molecule has 0 aliphatic heterocycles. The van der Waals surface area contributed by atoms with E-state index in [2.05, 4.69) is 15.2 Å². The van der Waals surface area contributed by atoms with Gasteiger partial charge in [0.25, 0.3) is 10.0 Å². The predicted octanol–water partition coefficient (Wildman–Crippen LogP) is 3.32. The standard InChI is InChI=1S/C18H16ClN5O2S/c1-3-16-21-22-18-17(20-14-6-4-5-7-15(14)24(16)18)23(2)27(25,26)13-10-8-12(19)9-11-13/h4-11H,3H2,1-2H3. The van der Waals surface area contributed by atoms with Crippen molar-refractivity contribution < 1.29 is 8.42 Å². The molecule has 0 saturated heterocycles.